The second-order valence-electron chi connectivity index (χ2n) is 6.97. The Labute approximate surface area is 174 Å². The number of carbonyl (C=O) groups is 3. The van der Waals surface area contributed by atoms with E-state index in [1.165, 1.54) is 6.92 Å². The number of carbonyl (C=O) groups excluding carboxylic acids is 3. The third kappa shape index (κ3) is 5.00. The smallest absolute Gasteiger partial charge is 0.357 e. The van der Waals surface area contributed by atoms with E-state index in [0.717, 1.165) is 22.2 Å². The summed E-state index contributed by atoms with van der Waals surface area (Å²) in [6.07, 6.45) is -1.07. The summed E-state index contributed by atoms with van der Waals surface area (Å²) >= 11 is 0. The van der Waals surface area contributed by atoms with E-state index in [4.69, 9.17) is 4.74 Å². The molecule has 0 aliphatic carbocycles. The maximum atomic E-state index is 12.3. The number of nitrogens with one attached hydrogen (secondary N) is 2. The van der Waals surface area contributed by atoms with Gasteiger partial charge in [-0.25, -0.2) is 9.78 Å². The van der Waals surface area contributed by atoms with Crippen LogP contribution in [0.3, 0.4) is 0 Å². The van der Waals surface area contributed by atoms with Crippen LogP contribution in [-0.4, -0.2) is 35.4 Å². The SMILES string of the molecule is Cc1cccc(C)c1NC(=O)CNC(=O)[C@H](C)OC(=O)c1ccc2ccccc2n1. The van der Waals surface area contributed by atoms with Crippen molar-refractivity contribution in [2.24, 2.45) is 0 Å². The first-order valence-corrected chi connectivity index (χ1v) is 9.55. The van der Waals surface area contributed by atoms with Crippen molar-refractivity contribution in [3.05, 3.63) is 71.4 Å². The molecule has 0 aliphatic heterocycles. The maximum Gasteiger partial charge on any atom is 0.357 e. The molecular weight excluding hydrogens is 382 g/mol. The van der Waals surface area contributed by atoms with Gasteiger partial charge < -0.3 is 15.4 Å². The van der Waals surface area contributed by atoms with Crippen LogP contribution in [0.2, 0.25) is 0 Å². The minimum atomic E-state index is -1.07. The number of pyridine rings is 1. The zero-order valence-corrected chi connectivity index (χ0v) is 17.1. The molecule has 1 heterocycles. The Morgan fingerprint density at radius 2 is 1.67 bits per heavy atom. The monoisotopic (exact) mass is 405 g/mol. The number of nitrogens with zero attached hydrogens (tertiary/aromatic N) is 1. The van der Waals surface area contributed by atoms with Gasteiger partial charge in [0.25, 0.3) is 5.91 Å². The molecule has 7 nitrogen and oxygen atoms in total. The van der Waals surface area contributed by atoms with Crippen molar-refractivity contribution in [2.45, 2.75) is 26.9 Å². The van der Waals surface area contributed by atoms with E-state index < -0.39 is 18.0 Å². The van der Waals surface area contributed by atoms with Crippen LogP contribution < -0.4 is 10.6 Å². The molecule has 2 aromatic carbocycles. The molecule has 0 radical (unpaired) electrons. The molecule has 0 bridgehead atoms. The number of fused-ring (bicyclic) bond motifs is 1. The minimum absolute atomic E-state index is 0.112. The summed E-state index contributed by atoms with van der Waals surface area (Å²) in [5.41, 5.74) is 3.35. The highest BCUT2D eigenvalue weighted by atomic mass is 16.5. The van der Waals surface area contributed by atoms with Crippen LogP contribution in [0.4, 0.5) is 5.69 Å². The fraction of sp³-hybridized carbons (Fsp3) is 0.217. The highest BCUT2D eigenvalue weighted by Gasteiger charge is 2.20. The summed E-state index contributed by atoms with van der Waals surface area (Å²) in [5.74, 6) is -1.64. The Hall–Kier alpha value is -3.74. The van der Waals surface area contributed by atoms with Gasteiger partial charge in [-0.05, 0) is 44.0 Å². The van der Waals surface area contributed by atoms with Gasteiger partial charge in [0.2, 0.25) is 5.91 Å². The molecule has 0 saturated heterocycles. The number of aromatic nitrogens is 1. The first kappa shape index (κ1) is 21.0. The van der Waals surface area contributed by atoms with Crippen LogP contribution in [0.15, 0.2) is 54.6 Å². The van der Waals surface area contributed by atoms with Crippen LogP contribution in [0.5, 0.6) is 0 Å². The van der Waals surface area contributed by atoms with E-state index in [1.54, 1.807) is 18.2 Å². The van der Waals surface area contributed by atoms with Gasteiger partial charge in [0.05, 0.1) is 12.1 Å². The van der Waals surface area contributed by atoms with Crippen LogP contribution in [0.1, 0.15) is 28.5 Å². The topological polar surface area (TPSA) is 97.4 Å². The number of anilines is 1. The van der Waals surface area contributed by atoms with Crippen LogP contribution in [-0.2, 0) is 14.3 Å². The number of benzene rings is 2. The Morgan fingerprint density at radius 1 is 0.967 bits per heavy atom. The predicted octanol–water partition coefficient (Wildman–Crippen LogP) is 3.15. The lowest BCUT2D eigenvalue weighted by Crippen LogP contribution is -2.40. The second kappa shape index (κ2) is 9.17. The minimum Gasteiger partial charge on any atom is -0.448 e. The molecule has 0 saturated carbocycles. The fourth-order valence-electron chi connectivity index (χ4n) is 2.96. The predicted molar refractivity (Wildman–Crippen MR) is 114 cm³/mol. The molecule has 1 aromatic heterocycles. The summed E-state index contributed by atoms with van der Waals surface area (Å²) in [4.78, 5) is 41.0. The molecule has 7 heteroatoms. The number of ether oxygens (including phenoxy) is 1. The molecule has 0 unspecified atom stereocenters. The van der Waals surface area contributed by atoms with Crippen molar-refractivity contribution in [3.63, 3.8) is 0 Å². The number of esters is 1. The summed E-state index contributed by atoms with van der Waals surface area (Å²) in [6, 6.07) is 16.4. The summed E-state index contributed by atoms with van der Waals surface area (Å²) in [7, 11) is 0. The van der Waals surface area contributed by atoms with Gasteiger partial charge in [0.15, 0.2) is 6.10 Å². The number of amides is 2. The van der Waals surface area contributed by atoms with Crippen molar-refractivity contribution in [2.75, 3.05) is 11.9 Å². The fourth-order valence-corrected chi connectivity index (χ4v) is 2.96. The third-order valence-electron chi connectivity index (χ3n) is 4.63. The molecular formula is C23H23N3O4. The molecule has 0 spiro atoms. The summed E-state index contributed by atoms with van der Waals surface area (Å²) in [5, 5.41) is 6.16. The van der Waals surface area contributed by atoms with Gasteiger partial charge in [-0.2, -0.15) is 0 Å². The van der Waals surface area contributed by atoms with Crippen LogP contribution >= 0.6 is 0 Å². The molecule has 2 N–H and O–H groups in total. The molecule has 0 fully saturated rings. The van der Waals surface area contributed by atoms with Gasteiger partial charge in [0, 0.05) is 11.1 Å². The Balaban J connectivity index is 1.53. The van der Waals surface area contributed by atoms with Gasteiger partial charge in [0.1, 0.15) is 5.69 Å². The van der Waals surface area contributed by atoms with Crippen molar-refractivity contribution in [1.82, 2.24) is 10.3 Å². The highest BCUT2D eigenvalue weighted by Crippen LogP contribution is 2.19. The van der Waals surface area contributed by atoms with Gasteiger partial charge in [-0.3, -0.25) is 9.59 Å². The Bertz CT molecular complexity index is 1090. The molecule has 154 valence electrons. The largest absolute Gasteiger partial charge is 0.448 e. The molecule has 0 aliphatic rings. The first-order chi connectivity index (χ1) is 14.3. The average Bonchev–Trinajstić information content (AvgIpc) is 2.74. The van der Waals surface area contributed by atoms with Crippen molar-refractivity contribution >= 4 is 34.4 Å². The molecule has 3 rings (SSSR count). The Morgan fingerprint density at radius 3 is 2.40 bits per heavy atom. The second-order valence-corrected chi connectivity index (χ2v) is 6.97. The van der Waals surface area contributed by atoms with E-state index in [1.807, 2.05) is 50.2 Å². The quantitative estimate of drug-likeness (QED) is 0.614. The summed E-state index contributed by atoms with van der Waals surface area (Å²) in [6.45, 7) is 4.99. The van der Waals surface area contributed by atoms with E-state index in [0.29, 0.717) is 5.52 Å². The van der Waals surface area contributed by atoms with E-state index in [2.05, 4.69) is 15.6 Å². The van der Waals surface area contributed by atoms with Crippen molar-refractivity contribution < 1.29 is 19.1 Å². The Kier molecular flexibility index (Phi) is 6.41. The average molecular weight is 405 g/mol. The standard InChI is InChI=1S/C23H23N3O4/c1-14-7-6-8-15(2)21(14)26-20(27)13-24-22(28)16(3)30-23(29)19-12-11-17-9-4-5-10-18(17)25-19/h4-12,16H,13H2,1-3H3,(H,24,28)(H,26,27)/t16-/m0/s1. The zero-order valence-electron chi connectivity index (χ0n) is 17.1. The normalized spacial score (nSPS) is 11.6. The van der Waals surface area contributed by atoms with E-state index in [-0.39, 0.29) is 18.1 Å². The van der Waals surface area contributed by atoms with Gasteiger partial charge >= 0.3 is 5.97 Å². The van der Waals surface area contributed by atoms with E-state index >= 15 is 0 Å². The van der Waals surface area contributed by atoms with Crippen molar-refractivity contribution in [3.8, 4) is 0 Å². The lowest BCUT2D eigenvalue weighted by Gasteiger charge is -2.14. The van der Waals surface area contributed by atoms with Crippen LogP contribution in [0.25, 0.3) is 10.9 Å². The number of para-hydroxylation sites is 2. The van der Waals surface area contributed by atoms with Gasteiger partial charge in [-0.1, -0.05) is 42.5 Å². The number of rotatable bonds is 6. The van der Waals surface area contributed by atoms with Crippen LogP contribution in [0, 0.1) is 13.8 Å². The number of aryl methyl sites for hydroxylation is 2. The summed E-state index contributed by atoms with van der Waals surface area (Å²) < 4.78 is 5.19. The lowest BCUT2D eigenvalue weighted by molar-refractivity contribution is -0.130. The molecule has 2 amide bonds. The maximum absolute atomic E-state index is 12.3. The zero-order chi connectivity index (χ0) is 21.7. The highest BCUT2D eigenvalue weighted by molar-refractivity contribution is 5.97. The first-order valence-electron chi connectivity index (χ1n) is 9.55. The number of hydrogen-bond acceptors (Lipinski definition) is 5. The van der Waals surface area contributed by atoms with Crippen molar-refractivity contribution in [1.29, 1.82) is 0 Å². The number of hydrogen-bond donors (Lipinski definition) is 2. The van der Waals surface area contributed by atoms with E-state index in [9.17, 15) is 14.4 Å². The molecule has 30 heavy (non-hydrogen) atoms. The molecule has 3 aromatic rings. The third-order valence-corrected chi connectivity index (χ3v) is 4.63. The lowest BCUT2D eigenvalue weighted by atomic mass is 10.1. The van der Waals surface area contributed by atoms with Gasteiger partial charge in [-0.15, -0.1) is 0 Å². The molecule has 1 atom stereocenters.